The zero-order valence-corrected chi connectivity index (χ0v) is 13.9. The first-order valence-corrected chi connectivity index (χ1v) is 10.3. The van der Waals surface area contributed by atoms with Gasteiger partial charge >= 0.3 is 113 Å². The van der Waals surface area contributed by atoms with Crippen LogP contribution in [0.3, 0.4) is 0 Å². The molecule has 0 atom stereocenters. The van der Waals surface area contributed by atoms with Gasteiger partial charge in [-0.05, 0) is 0 Å². The zero-order chi connectivity index (χ0) is 12.3. The van der Waals surface area contributed by atoms with Gasteiger partial charge < -0.3 is 0 Å². The maximum atomic E-state index is 11.9. The van der Waals surface area contributed by atoms with E-state index in [0.29, 0.717) is 5.57 Å². The maximum absolute atomic E-state index is 11.9. The van der Waals surface area contributed by atoms with Crippen LogP contribution >= 0.6 is 0 Å². The Morgan fingerprint density at radius 1 is 1.29 bits per heavy atom. The summed E-state index contributed by atoms with van der Waals surface area (Å²) in [6, 6.07) is 7.75. The van der Waals surface area contributed by atoms with Crippen LogP contribution in [-0.2, 0) is 4.79 Å². The first-order chi connectivity index (χ1) is 8.16. The van der Waals surface area contributed by atoms with Crippen molar-refractivity contribution in [2.45, 2.75) is 6.92 Å². The first kappa shape index (κ1) is 12.2. The van der Waals surface area contributed by atoms with Crippen molar-refractivity contribution >= 4 is 34.5 Å². The summed E-state index contributed by atoms with van der Waals surface area (Å²) in [5.74, 6) is -0.113. The summed E-state index contributed by atoms with van der Waals surface area (Å²) in [6.45, 7) is 5.87. The van der Waals surface area contributed by atoms with E-state index in [0.717, 1.165) is 11.3 Å². The van der Waals surface area contributed by atoms with Crippen molar-refractivity contribution in [1.29, 1.82) is 0 Å². The van der Waals surface area contributed by atoms with Crippen LogP contribution in [0.5, 0.6) is 0 Å². The van der Waals surface area contributed by atoms with Crippen LogP contribution < -0.4 is 5.32 Å². The SMILES string of the molecule is C=C(C(=O)Nc1ccc(C)cc1)C1=[CH][InH][CH]=C1. The number of carbonyl (C=O) groups excluding carboxylic acids is 1. The van der Waals surface area contributed by atoms with Crippen molar-refractivity contribution in [1.82, 2.24) is 0 Å². The average molecular weight is 327 g/mol. The topological polar surface area (TPSA) is 29.1 Å². The second kappa shape index (κ2) is 5.41. The minimum absolute atomic E-state index is 0.113. The molecule has 17 heavy (non-hydrogen) atoms. The molecule has 0 aliphatic carbocycles. The molecule has 1 aliphatic heterocycles. The summed E-state index contributed by atoms with van der Waals surface area (Å²) in [7, 11) is 0. The van der Waals surface area contributed by atoms with Gasteiger partial charge in [-0.1, -0.05) is 0 Å². The van der Waals surface area contributed by atoms with Gasteiger partial charge in [0.15, 0.2) is 0 Å². The second-order valence-corrected chi connectivity index (χ2v) is 7.95. The molecular formula is C14H14InNO. The van der Waals surface area contributed by atoms with Gasteiger partial charge in [-0.25, -0.2) is 0 Å². The van der Waals surface area contributed by atoms with E-state index < -0.39 is 22.9 Å². The van der Waals surface area contributed by atoms with Crippen LogP contribution in [0.2, 0.25) is 0 Å². The normalized spacial score (nSPS) is 12.9. The monoisotopic (exact) mass is 327 g/mol. The molecule has 3 heteroatoms. The minimum atomic E-state index is -0.811. The fraction of sp³-hybridized carbons (Fsp3) is 0.0714. The van der Waals surface area contributed by atoms with Gasteiger partial charge in [0.05, 0.1) is 0 Å². The third kappa shape index (κ3) is 3.13. The Morgan fingerprint density at radius 3 is 2.59 bits per heavy atom. The molecule has 2 nitrogen and oxygen atoms in total. The number of carbonyl (C=O) groups is 1. The molecule has 0 bridgehead atoms. The molecule has 84 valence electrons. The van der Waals surface area contributed by atoms with Crippen LogP contribution in [0.1, 0.15) is 5.56 Å². The fourth-order valence-electron chi connectivity index (χ4n) is 1.66. The Kier molecular flexibility index (Phi) is 3.89. The molecule has 1 aromatic rings. The summed E-state index contributed by atoms with van der Waals surface area (Å²) in [5, 5.41) is 2.86. The van der Waals surface area contributed by atoms with Gasteiger partial charge in [0.1, 0.15) is 0 Å². The predicted molar refractivity (Wildman–Crippen MR) is 73.3 cm³/mol. The molecule has 1 aromatic carbocycles. The molecule has 0 fully saturated rings. The van der Waals surface area contributed by atoms with Gasteiger partial charge in [-0.2, -0.15) is 0 Å². The number of rotatable bonds is 3. The molecule has 0 radical (unpaired) electrons. The Hall–Kier alpha value is -1.22. The van der Waals surface area contributed by atoms with E-state index in [1.165, 1.54) is 5.56 Å². The number of amides is 1. The number of hydrogen-bond donors (Lipinski definition) is 1. The summed E-state index contributed by atoms with van der Waals surface area (Å²) in [4.78, 5) is 11.9. The molecule has 0 spiro atoms. The van der Waals surface area contributed by atoms with Gasteiger partial charge in [0.2, 0.25) is 0 Å². The predicted octanol–water partition coefficient (Wildman–Crippen LogP) is 2.34. The standard InChI is InChI=1S/C14H13NO.In.H/c1-5-11(3)12(4)14(16)15-13-8-6-10(2)7-9-13;;/h1,3,5-9H,4H2,2H3,(H,15,16);;. The van der Waals surface area contributed by atoms with Crippen molar-refractivity contribution in [3.63, 3.8) is 0 Å². The molecule has 0 saturated carbocycles. The van der Waals surface area contributed by atoms with Gasteiger partial charge in [0.25, 0.3) is 0 Å². The van der Waals surface area contributed by atoms with Crippen molar-refractivity contribution in [2.24, 2.45) is 0 Å². The van der Waals surface area contributed by atoms with E-state index in [1.54, 1.807) is 0 Å². The third-order valence-electron chi connectivity index (χ3n) is 2.70. The van der Waals surface area contributed by atoms with Crippen molar-refractivity contribution in [3.05, 3.63) is 61.3 Å². The summed E-state index contributed by atoms with van der Waals surface area (Å²) in [5.41, 5.74) is 3.56. The Balaban J connectivity index is 2.04. The quantitative estimate of drug-likeness (QED) is 0.849. The molecule has 1 amide bonds. The fourth-order valence-corrected chi connectivity index (χ4v) is 4.97. The molecule has 0 unspecified atom stereocenters. The molecule has 2 rings (SSSR count). The first-order valence-electron chi connectivity index (χ1n) is 5.61. The van der Waals surface area contributed by atoms with Crippen LogP contribution in [0.4, 0.5) is 5.69 Å². The molecule has 0 aromatic heterocycles. The van der Waals surface area contributed by atoms with Crippen molar-refractivity contribution < 1.29 is 4.79 Å². The number of anilines is 1. The van der Waals surface area contributed by atoms with Crippen LogP contribution in [0, 0.1) is 6.92 Å². The van der Waals surface area contributed by atoms with Gasteiger partial charge in [-0.15, -0.1) is 0 Å². The molecule has 0 saturated heterocycles. The van der Waals surface area contributed by atoms with E-state index >= 15 is 0 Å². The molecule has 1 N–H and O–H groups in total. The number of benzene rings is 1. The summed E-state index contributed by atoms with van der Waals surface area (Å²) < 4.78 is 4.43. The van der Waals surface area contributed by atoms with Crippen LogP contribution in [0.25, 0.3) is 0 Å². The van der Waals surface area contributed by atoms with E-state index in [-0.39, 0.29) is 5.91 Å². The molecule has 1 heterocycles. The Labute approximate surface area is 112 Å². The van der Waals surface area contributed by atoms with Crippen LogP contribution in [-0.4, -0.2) is 28.8 Å². The van der Waals surface area contributed by atoms with Crippen molar-refractivity contribution in [3.8, 4) is 0 Å². The third-order valence-corrected chi connectivity index (χ3v) is 6.08. The second-order valence-electron chi connectivity index (χ2n) is 4.10. The Bertz CT molecular complexity index is 512. The molecule has 1 aliphatic rings. The van der Waals surface area contributed by atoms with E-state index in [1.807, 2.05) is 37.3 Å². The zero-order valence-electron chi connectivity index (χ0n) is 9.86. The number of allylic oxidation sites excluding steroid dienone is 1. The van der Waals surface area contributed by atoms with E-state index in [4.69, 9.17) is 0 Å². The summed E-state index contributed by atoms with van der Waals surface area (Å²) >= 11 is -0.811. The summed E-state index contributed by atoms with van der Waals surface area (Å²) in [6.07, 6.45) is 2.02. The van der Waals surface area contributed by atoms with Gasteiger partial charge in [0, 0.05) is 0 Å². The van der Waals surface area contributed by atoms with E-state index in [2.05, 4.69) is 19.6 Å². The Morgan fingerprint density at radius 2 is 2.00 bits per heavy atom. The van der Waals surface area contributed by atoms with Gasteiger partial charge in [-0.3, -0.25) is 0 Å². The average Bonchev–Trinajstić information content (AvgIpc) is 2.84. The van der Waals surface area contributed by atoms with Crippen LogP contribution in [0.15, 0.2) is 55.7 Å². The van der Waals surface area contributed by atoms with E-state index in [9.17, 15) is 4.79 Å². The number of aryl methyl sites for hydroxylation is 1. The van der Waals surface area contributed by atoms with Crippen molar-refractivity contribution in [2.75, 3.05) is 5.32 Å². The number of nitrogens with one attached hydrogen (secondary N) is 1. The number of hydrogen-bond acceptors (Lipinski definition) is 1. The molecular weight excluding hydrogens is 313 g/mol.